The number of halogens is 2. The molecule has 0 bridgehead atoms. The molecule has 3 nitrogen and oxygen atoms in total. The number of fused-ring (bicyclic) bond motifs is 1. The molecule has 1 aromatic heterocycles. The Morgan fingerprint density at radius 1 is 1.44 bits per heavy atom. The van der Waals surface area contributed by atoms with Crippen LogP contribution in [0.1, 0.15) is 46.4 Å². The second-order valence-electron chi connectivity index (χ2n) is 3.60. The van der Waals surface area contributed by atoms with Gasteiger partial charge in [-0.15, -0.1) is 0 Å². The molecule has 5 heteroatoms. The fraction of sp³-hybridized carbons (Fsp3) is 0.364. The summed E-state index contributed by atoms with van der Waals surface area (Å²) in [4.78, 5) is 15.3. The average Bonchev–Trinajstić information content (AvgIpc) is 2.27. The number of nitriles is 1. The standard InChI is InChI=1S/C11H8F2N2O/c12-11(13)9-6(4-14)5-15-10-7(9)2-1-3-8(10)16/h5,11H,1-3H2. The summed E-state index contributed by atoms with van der Waals surface area (Å²) >= 11 is 0. The Balaban J connectivity index is 2.68. The maximum absolute atomic E-state index is 12.8. The van der Waals surface area contributed by atoms with Crippen molar-refractivity contribution in [1.29, 1.82) is 5.26 Å². The first-order valence-electron chi connectivity index (χ1n) is 4.88. The van der Waals surface area contributed by atoms with Gasteiger partial charge in [0.1, 0.15) is 11.8 Å². The Labute approximate surface area is 90.7 Å². The molecule has 0 saturated heterocycles. The first-order valence-corrected chi connectivity index (χ1v) is 4.88. The van der Waals surface area contributed by atoms with E-state index in [2.05, 4.69) is 4.98 Å². The molecule has 1 heterocycles. The lowest BCUT2D eigenvalue weighted by atomic mass is 9.89. The summed E-state index contributed by atoms with van der Waals surface area (Å²) in [7, 11) is 0. The highest BCUT2D eigenvalue weighted by molar-refractivity contribution is 5.97. The van der Waals surface area contributed by atoms with Crippen LogP contribution in [-0.2, 0) is 6.42 Å². The molecule has 1 aliphatic rings. The van der Waals surface area contributed by atoms with Gasteiger partial charge in [-0.1, -0.05) is 0 Å². The van der Waals surface area contributed by atoms with Crippen molar-refractivity contribution in [3.05, 3.63) is 28.6 Å². The van der Waals surface area contributed by atoms with E-state index >= 15 is 0 Å². The predicted octanol–water partition coefficient (Wildman–Crippen LogP) is 2.41. The van der Waals surface area contributed by atoms with Crippen LogP contribution in [0.2, 0.25) is 0 Å². The Morgan fingerprint density at radius 2 is 2.19 bits per heavy atom. The van der Waals surface area contributed by atoms with Gasteiger partial charge in [0, 0.05) is 18.2 Å². The molecule has 0 saturated carbocycles. The topological polar surface area (TPSA) is 53.8 Å². The zero-order chi connectivity index (χ0) is 11.7. The van der Waals surface area contributed by atoms with Crippen LogP contribution in [0.5, 0.6) is 0 Å². The normalized spacial score (nSPS) is 14.8. The lowest BCUT2D eigenvalue weighted by Gasteiger charge is -2.17. The Morgan fingerprint density at radius 3 is 2.81 bits per heavy atom. The molecule has 0 aromatic carbocycles. The van der Waals surface area contributed by atoms with Crippen molar-refractivity contribution in [2.24, 2.45) is 0 Å². The minimum Gasteiger partial charge on any atom is -0.292 e. The maximum atomic E-state index is 12.8. The number of alkyl halides is 2. The number of carbonyl (C=O) groups excluding carboxylic acids is 1. The Hall–Kier alpha value is -1.83. The fourth-order valence-electron chi connectivity index (χ4n) is 1.94. The molecule has 16 heavy (non-hydrogen) atoms. The van der Waals surface area contributed by atoms with Crippen LogP contribution in [0.15, 0.2) is 6.20 Å². The summed E-state index contributed by atoms with van der Waals surface area (Å²) in [6, 6.07) is 1.69. The first-order chi connectivity index (χ1) is 7.65. The lowest BCUT2D eigenvalue weighted by Crippen LogP contribution is -2.16. The number of rotatable bonds is 1. The number of ketones is 1. The van der Waals surface area contributed by atoms with E-state index < -0.39 is 6.43 Å². The summed E-state index contributed by atoms with van der Waals surface area (Å²) < 4.78 is 25.7. The molecular weight excluding hydrogens is 214 g/mol. The van der Waals surface area contributed by atoms with Gasteiger partial charge in [-0.3, -0.25) is 9.78 Å². The van der Waals surface area contributed by atoms with Crippen LogP contribution in [-0.4, -0.2) is 10.8 Å². The third kappa shape index (κ3) is 1.56. The molecule has 2 rings (SSSR count). The van der Waals surface area contributed by atoms with Gasteiger partial charge in [0.15, 0.2) is 5.78 Å². The minimum atomic E-state index is -2.74. The van der Waals surface area contributed by atoms with E-state index in [0.717, 1.165) is 6.20 Å². The fourth-order valence-corrected chi connectivity index (χ4v) is 1.94. The van der Waals surface area contributed by atoms with E-state index in [4.69, 9.17) is 5.26 Å². The van der Waals surface area contributed by atoms with Crippen molar-refractivity contribution in [2.75, 3.05) is 0 Å². The van der Waals surface area contributed by atoms with Crippen LogP contribution in [0.4, 0.5) is 8.78 Å². The van der Waals surface area contributed by atoms with Crippen molar-refractivity contribution < 1.29 is 13.6 Å². The highest BCUT2D eigenvalue weighted by Gasteiger charge is 2.27. The van der Waals surface area contributed by atoms with Crippen molar-refractivity contribution in [3.63, 3.8) is 0 Å². The van der Waals surface area contributed by atoms with Crippen molar-refractivity contribution in [2.45, 2.75) is 25.7 Å². The molecule has 0 atom stereocenters. The van der Waals surface area contributed by atoms with Gasteiger partial charge >= 0.3 is 0 Å². The molecule has 82 valence electrons. The van der Waals surface area contributed by atoms with Gasteiger partial charge < -0.3 is 0 Å². The number of Topliss-reactive ketones (excluding diaryl/α,β-unsaturated/α-hetero) is 1. The SMILES string of the molecule is N#Cc1cnc2c(c1C(F)F)CCCC2=O. The third-order valence-electron chi connectivity index (χ3n) is 2.66. The molecular formula is C11H8F2N2O. The van der Waals surface area contributed by atoms with E-state index in [-0.39, 0.29) is 28.2 Å². The Kier molecular flexibility index (Phi) is 2.65. The number of aromatic nitrogens is 1. The summed E-state index contributed by atoms with van der Waals surface area (Å²) in [5.74, 6) is -0.215. The summed E-state index contributed by atoms with van der Waals surface area (Å²) in [5, 5.41) is 8.73. The first kappa shape index (κ1) is 10.7. The quantitative estimate of drug-likeness (QED) is 0.733. The second-order valence-corrected chi connectivity index (χ2v) is 3.60. The number of carbonyl (C=O) groups is 1. The van der Waals surface area contributed by atoms with E-state index in [1.54, 1.807) is 6.07 Å². The van der Waals surface area contributed by atoms with E-state index in [1.165, 1.54) is 0 Å². The molecule has 1 aromatic rings. The van der Waals surface area contributed by atoms with Gasteiger partial charge in [0.05, 0.1) is 5.56 Å². The highest BCUT2D eigenvalue weighted by Crippen LogP contribution is 2.31. The van der Waals surface area contributed by atoms with Crippen LogP contribution in [0, 0.1) is 11.3 Å². The zero-order valence-electron chi connectivity index (χ0n) is 8.33. The van der Waals surface area contributed by atoms with Crippen LogP contribution in [0.25, 0.3) is 0 Å². The molecule has 1 aliphatic carbocycles. The molecule has 0 N–H and O–H groups in total. The van der Waals surface area contributed by atoms with Crippen LogP contribution < -0.4 is 0 Å². The number of hydrogen-bond donors (Lipinski definition) is 0. The van der Waals surface area contributed by atoms with Crippen LogP contribution >= 0.6 is 0 Å². The van der Waals surface area contributed by atoms with Crippen molar-refractivity contribution in [1.82, 2.24) is 4.98 Å². The maximum Gasteiger partial charge on any atom is 0.265 e. The van der Waals surface area contributed by atoms with E-state index in [0.29, 0.717) is 19.3 Å². The zero-order valence-corrected chi connectivity index (χ0v) is 8.33. The van der Waals surface area contributed by atoms with Gasteiger partial charge in [-0.2, -0.15) is 5.26 Å². The summed E-state index contributed by atoms with van der Waals surface area (Å²) in [5.41, 5.74) is -0.0881. The summed E-state index contributed by atoms with van der Waals surface area (Å²) in [6.07, 6.45) is -0.402. The van der Waals surface area contributed by atoms with Crippen LogP contribution in [0.3, 0.4) is 0 Å². The predicted molar refractivity (Wildman–Crippen MR) is 51.2 cm³/mol. The average molecular weight is 222 g/mol. The number of hydrogen-bond acceptors (Lipinski definition) is 3. The lowest BCUT2D eigenvalue weighted by molar-refractivity contribution is 0.0965. The smallest absolute Gasteiger partial charge is 0.265 e. The van der Waals surface area contributed by atoms with E-state index in [9.17, 15) is 13.6 Å². The number of nitrogens with zero attached hydrogens (tertiary/aromatic N) is 2. The molecule has 0 fully saturated rings. The molecule has 0 amide bonds. The molecule has 0 spiro atoms. The van der Waals surface area contributed by atoms with Crippen molar-refractivity contribution in [3.8, 4) is 6.07 Å². The second kappa shape index (κ2) is 3.97. The molecule has 0 aliphatic heterocycles. The minimum absolute atomic E-state index is 0.112. The van der Waals surface area contributed by atoms with Gasteiger partial charge in [-0.25, -0.2) is 8.78 Å². The molecule has 0 radical (unpaired) electrons. The monoisotopic (exact) mass is 222 g/mol. The number of pyridine rings is 1. The van der Waals surface area contributed by atoms with Gasteiger partial charge in [0.25, 0.3) is 6.43 Å². The van der Waals surface area contributed by atoms with Gasteiger partial charge in [0.2, 0.25) is 0 Å². The van der Waals surface area contributed by atoms with Crippen molar-refractivity contribution >= 4 is 5.78 Å². The molecule has 0 unspecified atom stereocenters. The Bertz CT molecular complexity index is 491. The summed E-state index contributed by atoms with van der Waals surface area (Å²) in [6.45, 7) is 0. The van der Waals surface area contributed by atoms with E-state index in [1.807, 2.05) is 0 Å². The third-order valence-corrected chi connectivity index (χ3v) is 2.66. The largest absolute Gasteiger partial charge is 0.292 e. The highest BCUT2D eigenvalue weighted by atomic mass is 19.3. The van der Waals surface area contributed by atoms with Gasteiger partial charge in [-0.05, 0) is 18.4 Å².